The van der Waals surface area contributed by atoms with Crippen molar-refractivity contribution in [3.05, 3.63) is 114 Å². The summed E-state index contributed by atoms with van der Waals surface area (Å²) in [5, 5.41) is 8.54. The third-order valence-corrected chi connectivity index (χ3v) is 5.60. The summed E-state index contributed by atoms with van der Waals surface area (Å²) in [6, 6.07) is 10.5. The number of aromatic amines is 1. The second-order valence-electron chi connectivity index (χ2n) is 7.73. The van der Waals surface area contributed by atoms with E-state index in [0.717, 1.165) is 14.7 Å². The van der Waals surface area contributed by atoms with E-state index in [9.17, 15) is 19.2 Å². The molecule has 196 valence electrons. The van der Waals surface area contributed by atoms with Crippen LogP contribution in [0.3, 0.4) is 0 Å². The molecule has 1 aromatic carbocycles. The van der Waals surface area contributed by atoms with Gasteiger partial charge in [-0.15, -0.1) is 0 Å². The number of hydrogen-bond acceptors (Lipinski definition) is 8. The van der Waals surface area contributed by atoms with Crippen LogP contribution in [0.25, 0.3) is 11.9 Å². The van der Waals surface area contributed by atoms with Crippen LogP contribution in [0.5, 0.6) is 0 Å². The van der Waals surface area contributed by atoms with E-state index in [-0.39, 0.29) is 25.0 Å². The van der Waals surface area contributed by atoms with Crippen LogP contribution in [-0.2, 0) is 19.6 Å². The summed E-state index contributed by atoms with van der Waals surface area (Å²) >= 11 is 5.89. The molecule has 4 heterocycles. The highest BCUT2D eigenvalue weighted by Crippen LogP contribution is 2.11. The lowest BCUT2D eigenvalue weighted by Gasteiger charge is -2.13. The predicted molar refractivity (Wildman–Crippen MR) is 138 cm³/mol. The van der Waals surface area contributed by atoms with Gasteiger partial charge in [0.2, 0.25) is 11.9 Å². The quantitative estimate of drug-likeness (QED) is 0.326. The fourth-order valence-corrected chi connectivity index (χ4v) is 3.60. The van der Waals surface area contributed by atoms with Crippen molar-refractivity contribution in [2.45, 2.75) is 33.5 Å². The van der Waals surface area contributed by atoms with Crippen LogP contribution in [0.4, 0.5) is 0 Å². The van der Waals surface area contributed by atoms with E-state index < -0.39 is 22.8 Å². The molecular weight excluding hydrogens is 516 g/mol. The molecule has 38 heavy (non-hydrogen) atoms. The van der Waals surface area contributed by atoms with Crippen molar-refractivity contribution in [1.82, 2.24) is 48.2 Å². The minimum Gasteiger partial charge on any atom is -0.275 e. The lowest BCUT2D eigenvalue weighted by atomic mass is 10.2. The summed E-state index contributed by atoms with van der Waals surface area (Å²) < 4.78 is 6.23. The smallest absolute Gasteiger partial charge is 0.275 e. The number of rotatable bonds is 6. The predicted octanol–water partition coefficient (Wildman–Crippen LogP) is 0.449. The minimum atomic E-state index is -0.588. The first kappa shape index (κ1) is 26.2. The van der Waals surface area contributed by atoms with Gasteiger partial charge in [-0.25, -0.2) is 37.7 Å². The van der Waals surface area contributed by atoms with Gasteiger partial charge in [-0.1, -0.05) is 23.7 Å². The molecule has 0 radical (unpaired) electrons. The Kier molecular flexibility index (Phi) is 7.91. The zero-order chi connectivity index (χ0) is 27.2. The first-order valence-electron chi connectivity index (χ1n) is 11.5. The fourth-order valence-electron chi connectivity index (χ4n) is 3.47. The molecular formula is C23H23ClN10O4. The van der Waals surface area contributed by atoms with Crippen LogP contribution >= 0.6 is 11.6 Å². The Hall–Kier alpha value is -4.85. The SMILES string of the molecule is CCn1c(=O)nc(-n2cccn2)[nH]c1=O.CCn1c(=O)nc(-n2cccn2)n(Cc2ccc(Cl)cc2)c1=O. The maximum Gasteiger partial charge on any atom is 0.354 e. The third-order valence-electron chi connectivity index (χ3n) is 5.34. The zero-order valence-corrected chi connectivity index (χ0v) is 21.2. The van der Waals surface area contributed by atoms with Crippen LogP contribution in [0, 0.1) is 0 Å². The van der Waals surface area contributed by atoms with Gasteiger partial charge in [0.15, 0.2) is 0 Å². The van der Waals surface area contributed by atoms with Gasteiger partial charge in [-0.05, 0) is 43.7 Å². The monoisotopic (exact) mass is 538 g/mol. The van der Waals surface area contributed by atoms with Crippen molar-refractivity contribution in [1.29, 1.82) is 0 Å². The van der Waals surface area contributed by atoms with Crippen LogP contribution < -0.4 is 22.8 Å². The highest BCUT2D eigenvalue weighted by Gasteiger charge is 2.14. The largest absolute Gasteiger partial charge is 0.354 e. The number of hydrogen-bond donors (Lipinski definition) is 1. The number of benzene rings is 1. The van der Waals surface area contributed by atoms with Crippen molar-refractivity contribution in [2.24, 2.45) is 0 Å². The molecule has 0 fully saturated rings. The van der Waals surface area contributed by atoms with Crippen LogP contribution in [0.2, 0.25) is 5.02 Å². The average Bonchev–Trinajstić information content (AvgIpc) is 3.62. The minimum absolute atomic E-state index is 0.125. The fraction of sp³-hybridized carbons (Fsp3) is 0.217. The van der Waals surface area contributed by atoms with Crippen LogP contribution in [0.15, 0.2) is 80.4 Å². The van der Waals surface area contributed by atoms with E-state index in [1.165, 1.54) is 20.1 Å². The topological polar surface area (TPSA) is 160 Å². The van der Waals surface area contributed by atoms with Crippen molar-refractivity contribution >= 4 is 11.6 Å². The van der Waals surface area contributed by atoms with Gasteiger partial charge >= 0.3 is 22.8 Å². The Morgan fingerprint density at radius 2 is 1.39 bits per heavy atom. The van der Waals surface area contributed by atoms with E-state index >= 15 is 0 Å². The van der Waals surface area contributed by atoms with Gasteiger partial charge in [-0.3, -0.25) is 9.55 Å². The lowest BCUT2D eigenvalue weighted by molar-refractivity contribution is 0.544. The molecule has 4 aromatic heterocycles. The van der Waals surface area contributed by atoms with Crippen molar-refractivity contribution in [2.75, 3.05) is 0 Å². The molecule has 0 spiro atoms. The molecule has 15 heteroatoms. The second kappa shape index (κ2) is 11.5. The summed E-state index contributed by atoms with van der Waals surface area (Å²) in [6.07, 6.45) is 6.32. The number of nitrogens with zero attached hydrogens (tertiary/aromatic N) is 9. The van der Waals surface area contributed by atoms with Gasteiger partial charge in [-0.2, -0.15) is 20.2 Å². The van der Waals surface area contributed by atoms with Gasteiger partial charge in [0, 0.05) is 42.9 Å². The highest BCUT2D eigenvalue weighted by atomic mass is 35.5. The van der Waals surface area contributed by atoms with Crippen molar-refractivity contribution in [3.8, 4) is 11.9 Å². The van der Waals surface area contributed by atoms with Crippen molar-refractivity contribution < 1.29 is 0 Å². The molecule has 0 atom stereocenters. The van der Waals surface area contributed by atoms with E-state index in [0.29, 0.717) is 11.6 Å². The van der Waals surface area contributed by atoms with Gasteiger partial charge < -0.3 is 0 Å². The zero-order valence-electron chi connectivity index (χ0n) is 20.4. The molecule has 0 unspecified atom stereocenters. The number of halogens is 1. The summed E-state index contributed by atoms with van der Waals surface area (Å²) in [5.41, 5.74) is -1.20. The molecule has 0 amide bonds. The highest BCUT2D eigenvalue weighted by molar-refractivity contribution is 6.30. The standard InChI is InChI=1S/C15H14ClN5O2.C8H9N5O2/c1-2-19-14(22)18-13(21-9-3-8-17-21)20(15(19)23)10-11-4-6-12(16)7-5-11;1-2-12-7(14)10-6(11-8(12)15)13-5-3-4-9-13/h3-9H,2,10H2,1H3;3-5H,2H2,1H3,(H,10,11,14,15). The maximum absolute atomic E-state index is 12.6. The number of H-pyrrole nitrogens is 1. The second-order valence-corrected chi connectivity index (χ2v) is 8.16. The first-order chi connectivity index (χ1) is 18.3. The Bertz CT molecular complexity index is 1720. The summed E-state index contributed by atoms with van der Waals surface area (Å²) in [4.78, 5) is 57.6. The molecule has 0 aliphatic heterocycles. The average molecular weight is 539 g/mol. The van der Waals surface area contributed by atoms with Gasteiger partial charge in [0.05, 0.1) is 6.54 Å². The van der Waals surface area contributed by atoms with Crippen LogP contribution in [-0.4, -0.2) is 48.2 Å². The first-order valence-corrected chi connectivity index (χ1v) is 11.9. The molecule has 0 saturated heterocycles. The van der Waals surface area contributed by atoms with Crippen molar-refractivity contribution in [3.63, 3.8) is 0 Å². The number of nitrogens with one attached hydrogen (secondary N) is 1. The molecule has 0 aliphatic carbocycles. The van der Waals surface area contributed by atoms with E-state index in [4.69, 9.17) is 11.6 Å². The van der Waals surface area contributed by atoms with Gasteiger partial charge in [0.1, 0.15) is 0 Å². The molecule has 14 nitrogen and oxygen atoms in total. The Balaban J connectivity index is 0.000000194. The van der Waals surface area contributed by atoms with E-state index in [1.54, 1.807) is 56.7 Å². The molecule has 1 N–H and O–H groups in total. The number of aromatic nitrogens is 10. The Morgan fingerprint density at radius 3 is 1.95 bits per heavy atom. The molecule has 5 rings (SSSR count). The van der Waals surface area contributed by atoms with E-state index in [2.05, 4.69) is 25.1 Å². The molecule has 0 aliphatic rings. The molecule has 0 saturated carbocycles. The summed E-state index contributed by atoms with van der Waals surface area (Å²) in [7, 11) is 0. The molecule has 0 bridgehead atoms. The summed E-state index contributed by atoms with van der Waals surface area (Å²) in [5.74, 6) is 0.310. The maximum atomic E-state index is 12.6. The van der Waals surface area contributed by atoms with E-state index in [1.807, 2.05) is 12.1 Å². The van der Waals surface area contributed by atoms with Gasteiger partial charge in [0.25, 0.3) is 0 Å². The summed E-state index contributed by atoms with van der Waals surface area (Å²) in [6.45, 7) is 4.24. The third kappa shape index (κ3) is 5.59. The Labute approximate surface area is 219 Å². The van der Waals surface area contributed by atoms with Crippen LogP contribution in [0.1, 0.15) is 19.4 Å². The normalized spacial score (nSPS) is 10.7. The Morgan fingerprint density at radius 1 is 0.789 bits per heavy atom. The molecule has 5 aromatic rings. The lowest BCUT2D eigenvalue weighted by Crippen LogP contribution is -2.43.